The first-order valence-corrected chi connectivity index (χ1v) is 11.0. The van der Waals surface area contributed by atoms with Gasteiger partial charge in [0.1, 0.15) is 11.6 Å². The summed E-state index contributed by atoms with van der Waals surface area (Å²) < 4.78 is 16.3. The summed E-state index contributed by atoms with van der Waals surface area (Å²) in [6, 6.07) is 4.75. The molecule has 3 aliphatic heterocycles. The Bertz CT molecular complexity index is 967. The summed E-state index contributed by atoms with van der Waals surface area (Å²) in [6.45, 7) is 6.08. The van der Waals surface area contributed by atoms with Crippen molar-refractivity contribution in [2.75, 3.05) is 39.6 Å². The summed E-state index contributed by atoms with van der Waals surface area (Å²) in [4.78, 5) is 41.2. The zero-order valence-corrected chi connectivity index (χ0v) is 18.8. The van der Waals surface area contributed by atoms with Gasteiger partial charge in [-0.3, -0.25) is 19.3 Å². The molecule has 3 aliphatic rings. The van der Waals surface area contributed by atoms with Crippen molar-refractivity contribution in [1.29, 1.82) is 0 Å². The second-order valence-corrected chi connectivity index (χ2v) is 9.01. The number of allylic oxidation sites excluding steroid dienone is 1. The van der Waals surface area contributed by atoms with Crippen LogP contribution in [0.15, 0.2) is 30.0 Å². The van der Waals surface area contributed by atoms with Crippen molar-refractivity contribution in [2.24, 2.45) is 0 Å². The van der Waals surface area contributed by atoms with E-state index in [1.165, 1.54) is 0 Å². The predicted molar refractivity (Wildman–Crippen MR) is 116 cm³/mol. The number of benzene rings is 1. The molecule has 0 aliphatic carbocycles. The summed E-state index contributed by atoms with van der Waals surface area (Å²) in [5, 5.41) is 12.2. The van der Waals surface area contributed by atoms with Gasteiger partial charge in [0.25, 0.3) is 5.91 Å². The molecule has 1 aromatic rings. The van der Waals surface area contributed by atoms with E-state index in [2.05, 4.69) is 10.2 Å². The lowest BCUT2D eigenvalue weighted by molar-refractivity contribution is -0.140. The lowest BCUT2D eigenvalue weighted by Gasteiger charge is -2.36. The number of carbonyl (C=O) groups excluding carboxylic acids is 3. The lowest BCUT2D eigenvalue weighted by atomic mass is 9.98. The van der Waals surface area contributed by atoms with E-state index in [1.807, 2.05) is 18.2 Å². The molecule has 1 fully saturated rings. The Morgan fingerprint density at radius 1 is 1.15 bits per heavy atom. The highest BCUT2D eigenvalue weighted by atomic mass is 16.7. The predicted octanol–water partition coefficient (Wildman–Crippen LogP) is 0.189. The highest BCUT2D eigenvalue weighted by Gasteiger charge is 2.34. The molecule has 0 bridgehead atoms. The fourth-order valence-corrected chi connectivity index (χ4v) is 4.15. The van der Waals surface area contributed by atoms with Crippen LogP contribution in [0, 0.1) is 0 Å². The minimum atomic E-state index is -1.11. The number of nitrogens with zero attached hydrogens (tertiary/aromatic N) is 2. The van der Waals surface area contributed by atoms with E-state index < -0.39 is 24.2 Å². The number of hydrogen-bond acceptors (Lipinski definition) is 8. The molecule has 1 aromatic carbocycles. The number of aliphatic hydroxyl groups excluding tert-OH is 1. The summed E-state index contributed by atoms with van der Waals surface area (Å²) in [5.41, 5.74) is 0.295. The molecule has 2 amide bonds. The Morgan fingerprint density at radius 3 is 2.58 bits per heavy atom. The number of carbonyl (C=O) groups is 3. The SMILES string of the molecule is CC1(C)CC(=O)C=C(C(=O)N[C@@H](CO)C(=O)N2CCN(Cc3ccc4c(c3)OCO4)CC2)O1. The van der Waals surface area contributed by atoms with Crippen LogP contribution in [-0.2, 0) is 25.7 Å². The Balaban J connectivity index is 1.29. The number of ether oxygens (including phenoxy) is 3. The topological polar surface area (TPSA) is 118 Å². The van der Waals surface area contributed by atoms with Gasteiger partial charge in [0.05, 0.1) is 6.61 Å². The van der Waals surface area contributed by atoms with Crippen molar-refractivity contribution in [3.8, 4) is 11.5 Å². The monoisotopic (exact) mass is 459 g/mol. The quantitative estimate of drug-likeness (QED) is 0.619. The van der Waals surface area contributed by atoms with Crippen molar-refractivity contribution in [3.05, 3.63) is 35.6 Å². The van der Waals surface area contributed by atoms with Crippen LogP contribution in [0.25, 0.3) is 0 Å². The number of ketones is 1. The molecular weight excluding hydrogens is 430 g/mol. The minimum Gasteiger partial charge on any atom is -0.482 e. The number of aliphatic hydroxyl groups is 1. The first-order chi connectivity index (χ1) is 15.7. The van der Waals surface area contributed by atoms with Gasteiger partial charge in [-0.15, -0.1) is 0 Å². The number of rotatable bonds is 6. The van der Waals surface area contributed by atoms with E-state index in [9.17, 15) is 19.5 Å². The van der Waals surface area contributed by atoms with Gasteiger partial charge in [0, 0.05) is 45.2 Å². The molecule has 33 heavy (non-hydrogen) atoms. The van der Waals surface area contributed by atoms with Gasteiger partial charge in [-0.05, 0) is 31.5 Å². The molecule has 10 nitrogen and oxygen atoms in total. The molecule has 178 valence electrons. The van der Waals surface area contributed by atoms with Crippen LogP contribution in [0.4, 0.5) is 0 Å². The molecule has 2 N–H and O–H groups in total. The first kappa shape index (κ1) is 23.1. The molecule has 0 spiro atoms. The summed E-state index contributed by atoms with van der Waals surface area (Å²) in [6.07, 6.45) is 1.30. The zero-order chi connectivity index (χ0) is 23.6. The summed E-state index contributed by atoms with van der Waals surface area (Å²) in [5.74, 6) is 0.0667. The van der Waals surface area contributed by atoms with E-state index in [0.29, 0.717) is 32.7 Å². The van der Waals surface area contributed by atoms with Crippen LogP contribution >= 0.6 is 0 Å². The van der Waals surface area contributed by atoms with Crippen molar-refractivity contribution < 1.29 is 33.7 Å². The molecule has 1 saturated heterocycles. The van der Waals surface area contributed by atoms with Crippen molar-refractivity contribution in [3.63, 3.8) is 0 Å². The summed E-state index contributed by atoms with van der Waals surface area (Å²) >= 11 is 0. The first-order valence-electron chi connectivity index (χ1n) is 11.0. The largest absolute Gasteiger partial charge is 0.482 e. The van der Waals surface area contributed by atoms with Gasteiger partial charge in [-0.25, -0.2) is 0 Å². The van der Waals surface area contributed by atoms with Gasteiger partial charge in [0.15, 0.2) is 23.0 Å². The van der Waals surface area contributed by atoms with Crippen LogP contribution in [0.3, 0.4) is 0 Å². The average molecular weight is 459 g/mol. The van der Waals surface area contributed by atoms with Gasteiger partial charge in [0.2, 0.25) is 12.7 Å². The normalized spacial score (nSPS) is 20.6. The number of piperazine rings is 1. The third-order valence-electron chi connectivity index (χ3n) is 5.82. The molecule has 0 radical (unpaired) electrons. The number of amides is 2. The minimum absolute atomic E-state index is 0.143. The molecule has 10 heteroatoms. The number of nitrogens with one attached hydrogen (secondary N) is 1. The summed E-state index contributed by atoms with van der Waals surface area (Å²) in [7, 11) is 0. The standard InChI is InChI=1S/C23H29N3O7/c1-23(2)11-16(28)10-20(33-23)21(29)24-17(13-27)22(30)26-7-5-25(6-8-26)12-15-3-4-18-19(9-15)32-14-31-18/h3-4,9-10,17,27H,5-8,11-14H2,1-2H3,(H,24,29)/t17-/m0/s1. The highest BCUT2D eigenvalue weighted by Crippen LogP contribution is 2.33. The fourth-order valence-electron chi connectivity index (χ4n) is 4.15. The molecule has 0 saturated carbocycles. The van der Waals surface area contributed by atoms with E-state index in [4.69, 9.17) is 14.2 Å². The molecule has 4 rings (SSSR count). The maximum absolute atomic E-state index is 12.9. The third-order valence-corrected chi connectivity index (χ3v) is 5.82. The average Bonchev–Trinajstić information content (AvgIpc) is 3.24. The molecule has 3 heterocycles. The second-order valence-electron chi connectivity index (χ2n) is 9.01. The fraction of sp³-hybridized carbons (Fsp3) is 0.522. The van der Waals surface area contributed by atoms with E-state index in [0.717, 1.165) is 23.1 Å². The number of fused-ring (bicyclic) bond motifs is 1. The molecular formula is C23H29N3O7. The smallest absolute Gasteiger partial charge is 0.287 e. The van der Waals surface area contributed by atoms with Crippen LogP contribution < -0.4 is 14.8 Å². The van der Waals surface area contributed by atoms with Crippen LogP contribution in [-0.4, -0.2) is 83.7 Å². The molecule has 1 atom stereocenters. The van der Waals surface area contributed by atoms with Gasteiger partial charge in [-0.1, -0.05) is 6.07 Å². The second kappa shape index (κ2) is 9.40. The highest BCUT2D eigenvalue weighted by molar-refractivity contribution is 6.03. The Labute approximate surface area is 192 Å². The van der Waals surface area contributed by atoms with Crippen LogP contribution in [0.1, 0.15) is 25.8 Å². The lowest BCUT2D eigenvalue weighted by Crippen LogP contribution is -2.56. The van der Waals surface area contributed by atoms with Gasteiger partial charge >= 0.3 is 0 Å². The Morgan fingerprint density at radius 2 is 1.88 bits per heavy atom. The van der Waals surface area contributed by atoms with Crippen molar-refractivity contribution in [2.45, 2.75) is 38.5 Å². The Kier molecular flexibility index (Phi) is 6.57. The van der Waals surface area contributed by atoms with Crippen LogP contribution in [0.5, 0.6) is 11.5 Å². The molecule has 0 aromatic heterocycles. The van der Waals surface area contributed by atoms with Crippen molar-refractivity contribution >= 4 is 17.6 Å². The third kappa shape index (κ3) is 5.45. The maximum Gasteiger partial charge on any atom is 0.287 e. The van der Waals surface area contributed by atoms with Crippen LogP contribution in [0.2, 0.25) is 0 Å². The van der Waals surface area contributed by atoms with Gasteiger partial charge in [-0.2, -0.15) is 0 Å². The zero-order valence-electron chi connectivity index (χ0n) is 18.8. The van der Waals surface area contributed by atoms with Crippen molar-refractivity contribution in [1.82, 2.24) is 15.1 Å². The Hall–Kier alpha value is -3.11. The van der Waals surface area contributed by atoms with E-state index in [-0.39, 0.29) is 30.7 Å². The number of hydrogen-bond donors (Lipinski definition) is 2. The molecule has 0 unspecified atom stereocenters. The maximum atomic E-state index is 12.9. The van der Waals surface area contributed by atoms with E-state index >= 15 is 0 Å². The van der Waals surface area contributed by atoms with E-state index in [1.54, 1.807) is 18.7 Å². The van der Waals surface area contributed by atoms with Gasteiger partial charge < -0.3 is 29.5 Å².